The number of para-hydroxylation sites is 3. The van der Waals surface area contributed by atoms with E-state index in [0.717, 1.165) is 33.5 Å². The van der Waals surface area contributed by atoms with Crippen molar-refractivity contribution in [3.8, 4) is 11.5 Å². The number of hydrogen-bond acceptors (Lipinski definition) is 5. The Morgan fingerprint density at radius 2 is 1.74 bits per heavy atom. The number of imidazole rings is 1. The lowest BCUT2D eigenvalue weighted by Gasteiger charge is -2.31. The Hall–Kier alpha value is -4.26. The van der Waals surface area contributed by atoms with E-state index >= 15 is 0 Å². The molecule has 1 aromatic heterocycles. The Bertz CT molecular complexity index is 1420. The highest BCUT2D eigenvalue weighted by molar-refractivity contribution is 6.06. The molecule has 0 aliphatic carbocycles. The molecule has 3 aromatic carbocycles. The van der Waals surface area contributed by atoms with Crippen molar-refractivity contribution in [1.29, 1.82) is 0 Å². The molecule has 5 rings (SSSR count). The maximum Gasteiger partial charge on any atom is 0.255 e. The molecule has 0 spiro atoms. The Morgan fingerprint density at radius 1 is 0.971 bits per heavy atom. The fraction of sp³-hybridized carbons (Fsp3) is 0.185. The summed E-state index contributed by atoms with van der Waals surface area (Å²) in [5.74, 6) is 1.64. The van der Waals surface area contributed by atoms with Crippen molar-refractivity contribution >= 4 is 28.6 Å². The topological polar surface area (TPSA) is 77.4 Å². The number of amides is 1. The second kappa shape index (κ2) is 8.59. The van der Waals surface area contributed by atoms with Crippen LogP contribution in [-0.2, 0) is 4.79 Å². The van der Waals surface area contributed by atoms with E-state index in [0.29, 0.717) is 23.0 Å². The Balaban J connectivity index is 1.71. The zero-order valence-corrected chi connectivity index (χ0v) is 19.5. The molecule has 172 valence electrons. The molecule has 0 saturated heterocycles. The number of allylic oxidation sites excluding steroid dienone is 1. The van der Waals surface area contributed by atoms with E-state index in [-0.39, 0.29) is 5.91 Å². The van der Waals surface area contributed by atoms with Crippen LogP contribution in [0.5, 0.6) is 11.5 Å². The highest BCUT2D eigenvalue weighted by Gasteiger charge is 2.36. The molecule has 1 aliphatic heterocycles. The van der Waals surface area contributed by atoms with Gasteiger partial charge < -0.3 is 20.1 Å². The highest BCUT2D eigenvalue weighted by atomic mass is 16.5. The van der Waals surface area contributed by atoms with Gasteiger partial charge in [-0.25, -0.2) is 4.98 Å². The molecule has 0 radical (unpaired) electrons. The first-order valence-electron chi connectivity index (χ1n) is 11.1. The van der Waals surface area contributed by atoms with Gasteiger partial charge in [0, 0.05) is 16.9 Å². The van der Waals surface area contributed by atoms with E-state index in [2.05, 4.69) is 10.6 Å². The van der Waals surface area contributed by atoms with Crippen LogP contribution in [-0.4, -0.2) is 29.7 Å². The van der Waals surface area contributed by atoms with Crippen LogP contribution < -0.4 is 20.1 Å². The van der Waals surface area contributed by atoms with Crippen LogP contribution in [0, 0.1) is 6.92 Å². The standard InChI is InChI=1S/C27H26N4O3/c1-16-12-14-18(15-13-16)29-26(32)23-17(2)28-27-30-20-9-5-6-10-21(20)31(27)24(23)19-8-7-11-22(33-3)25(19)34-4/h5-15,24H,1-4H3,(H,28,30)(H,29,32). The fourth-order valence-corrected chi connectivity index (χ4v) is 4.51. The molecule has 7 heteroatoms. The molecule has 0 saturated carbocycles. The summed E-state index contributed by atoms with van der Waals surface area (Å²) in [4.78, 5) is 18.5. The number of ether oxygens (including phenoxy) is 2. The van der Waals surface area contributed by atoms with E-state index in [9.17, 15) is 4.79 Å². The van der Waals surface area contributed by atoms with Gasteiger partial charge in [0.15, 0.2) is 11.5 Å². The molecular weight excluding hydrogens is 428 g/mol. The lowest BCUT2D eigenvalue weighted by Crippen LogP contribution is -2.31. The van der Waals surface area contributed by atoms with E-state index in [4.69, 9.17) is 14.5 Å². The number of nitrogens with zero attached hydrogens (tertiary/aromatic N) is 2. The van der Waals surface area contributed by atoms with E-state index in [1.165, 1.54) is 0 Å². The van der Waals surface area contributed by atoms with Crippen molar-refractivity contribution in [2.75, 3.05) is 24.9 Å². The van der Waals surface area contributed by atoms with E-state index in [1.54, 1.807) is 14.2 Å². The van der Waals surface area contributed by atoms with Gasteiger partial charge in [-0.3, -0.25) is 9.36 Å². The number of aryl methyl sites for hydroxylation is 1. The smallest absolute Gasteiger partial charge is 0.255 e. The van der Waals surface area contributed by atoms with Crippen LogP contribution in [0.15, 0.2) is 78.0 Å². The highest BCUT2D eigenvalue weighted by Crippen LogP contribution is 2.45. The minimum absolute atomic E-state index is 0.202. The number of anilines is 2. The molecule has 1 atom stereocenters. The average Bonchev–Trinajstić information content (AvgIpc) is 3.21. The third kappa shape index (κ3) is 3.55. The summed E-state index contributed by atoms with van der Waals surface area (Å²) in [6.45, 7) is 3.91. The summed E-state index contributed by atoms with van der Waals surface area (Å²) >= 11 is 0. The predicted molar refractivity (Wildman–Crippen MR) is 134 cm³/mol. The van der Waals surface area contributed by atoms with E-state index in [1.807, 2.05) is 85.1 Å². The molecule has 4 aromatic rings. The van der Waals surface area contributed by atoms with Crippen LogP contribution >= 0.6 is 0 Å². The quantitative estimate of drug-likeness (QED) is 0.429. The summed E-state index contributed by atoms with van der Waals surface area (Å²) in [5.41, 5.74) is 5.71. The molecule has 1 amide bonds. The van der Waals surface area contributed by atoms with Crippen molar-refractivity contribution in [3.63, 3.8) is 0 Å². The summed E-state index contributed by atoms with van der Waals surface area (Å²) in [7, 11) is 3.21. The lowest BCUT2D eigenvalue weighted by atomic mass is 9.93. The summed E-state index contributed by atoms with van der Waals surface area (Å²) in [6.07, 6.45) is 0. The second-order valence-corrected chi connectivity index (χ2v) is 8.26. The molecule has 34 heavy (non-hydrogen) atoms. The van der Waals surface area contributed by atoms with Gasteiger partial charge in [0.05, 0.1) is 36.9 Å². The van der Waals surface area contributed by atoms with Crippen LogP contribution in [0.2, 0.25) is 0 Å². The van der Waals surface area contributed by atoms with Gasteiger partial charge in [-0.1, -0.05) is 42.0 Å². The molecular formula is C27H26N4O3. The number of carbonyl (C=O) groups excluding carboxylic acids is 1. The molecule has 0 fully saturated rings. The Labute approximate surface area is 198 Å². The largest absolute Gasteiger partial charge is 0.493 e. The third-order valence-corrected chi connectivity index (χ3v) is 6.11. The first-order chi connectivity index (χ1) is 16.5. The summed E-state index contributed by atoms with van der Waals surface area (Å²) in [5, 5.41) is 6.40. The zero-order chi connectivity index (χ0) is 23.8. The summed E-state index contributed by atoms with van der Waals surface area (Å²) in [6, 6.07) is 20.9. The van der Waals surface area contributed by atoms with E-state index < -0.39 is 6.04 Å². The normalized spacial score (nSPS) is 15.0. The van der Waals surface area contributed by atoms with Gasteiger partial charge in [0.2, 0.25) is 5.95 Å². The van der Waals surface area contributed by atoms with Crippen LogP contribution in [0.25, 0.3) is 11.0 Å². The maximum absolute atomic E-state index is 13.8. The molecule has 7 nitrogen and oxygen atoms in total. The fourth-order valence-electron chi connectivity index (χ4n) is 4.51. The Morgan fingerprint density at radius 3 is 2.47 bits per heavy atom. The van der Waals surface area contributed by atoms with Crippen molar-refractivity contribution in [2.24, 2.45) is 0 Å². The minimum Gasteiger partial charge on any atom is -0.493 e. The number of benzene rings is 3. The van der Waals surface area contributed by atoms with Crippen molar-refractivity contribution < 1.29 is 14.3 Å². The number of methoxy groups -OCH3 is 2. The van der Waals surface area contributed by atoms with Crippen LogP contribution in [0.4, 0.5) is 11.6 Å². The first-order valence-corrected chi connectivity index (χ1v) is 11.1. The number of rotatable bonds is 5. The monoisotopic (exact) mass is 454 g/mol. The van der Waals surface area contributed by atoms with Gasteiger partial charge in [0.25, 0.3) is 5.91 Å². The van der Waals surface area contributed by atoms with Crippen molar-refractivity contribution in [3.05, 3.63) is 89.1 Å². The van der Waals surface area contributed by atoms with Gasteiger partial charge in [-0.2, -0.15) is 0 Å². The van der Waals surface area contributed by atoms with Gasteiger partial charge in [-0.05, 0) is 44.2 Å². The minimum atomic E-state index is -0.487. The summed E-state index contributed by atoms with van der Waals surface area (Å²) < 4.78 is 13.4. The Kier molecular flexibility index (Phi) is 5.45. The predicted octanol–water partition coefficient (Wildman–Crippen LogP) is 5.29. The van der Waals surface area contributed by atoms with Crippen molar-refractivity contribution in [1.82, 2.24) is 9.55 Å². The lowest BCUT2D eigenvalue weighted by molar-refractivity contribution is -0.113. The molecule has 0 bridgehead atoms. The second-order valence-electron chi connectivity index (χ2n) is 8.26. The average molecular weight is 455 g/mol. The number of carbonyl (C=O) groups is 1. The van der Waals surface area contributed by atoms with Crippen molar-refractivity contribution in [2.45, 2.75) is 19.9 Å². The SMILES string of the molecule is COc1cccc(C2C(C(=O)Nc3ccc(C)cc3)=C(C)Nc3nc4ccccc4n32)c1OC. The number of fused-ring (bicyclic) bond motifs is 3. The van der Waals surface area contributed by atoms with Crippen LogP contribution in [0.1, 0.15) is 24.1 Å². The molecule has 1 unspecified atom stereocenters. The number of aromatic nitrogens is 2. The van der Waals surface area contributed by atoms with Gasteiger partial charge >= 0.3 is 0 Å². The third-order valence-electron chi connectivity index (χ3n) is 6.11. The molecule has 2 heterocycles. The van der Waals surface area contributed by atoms with Gasteiger partial charge in [0.1, 0.15) is 0 Å². The molecule has 2 N–H and O–H groups in total. The van der Waals surface area contributed by atoms with Crippen LogP contribution in [0.3, 0.4) is 0 Å². The first kappa shape index (κ1) is 21.6. The maximum atomic E-state index is 13.8. The molecule has 1 aliphatic rings. The van der Waals surface area contributed by atoms with Gasteiger partial charge in [-0.15, -0.1) is 0 Å². The zero-order valence-electron chi connectivity index (χ0n) is 19.5. The number of hydrogen-bond donors (Lipinski definition) is 2. The number of nitrogens with one attached hydrogen (secondary N) is 2.